The topological polar surface area (TPSA) is 133 Å². The number of nitro benzene ring substituents is 2. The largest absolute Gasteiger partial charge is 0.488 e. The molecule has 1 saturated heterocycles. The third-order valence-electron chi connectivity index (χ3n) is 5.16. The minimum Gasteiger partial charge on any atom is -0.488 e. The maximum absolute atomic E-state index is 13.0. The van der Waals surface area contributed by atoms with E-state index in [1.165, 1.54) is 36.4 Å². The second-order valence-electron chi connectivity index (χ2n) is 7.59. The van der Waals surface area contributed by atoms with E-state index in [2.05, 4.69) is 15.9 Å². The highest BCUT2D eigenvalue weighted by molar-refractivity contribution is 9.10. The van der Waals surface area contributed by atoms with E-state index in [4.69, 9.17) is 4.74 Å². The lowest BCUT2D eigenvalue weighted by molar-refractivity contribution is -0.385. The average Bonchev–Trinajstić information content (AvgIpc) is 3.11. The Hall–Kier alpha value is -4.03. The van der Waals surface area contributed by atoms with Crippen molar-refractivity contribution in [3.05, 3.63) is 113 Å². The molecule has 4 rings (SSSR count). The highest BCUT2D eigenvalue weighted by atomic mass is 79.9. The summed E-state index contributed by atoms with van der Waals surface area (Å²) < 4.78 is 6.63. The van der Waals surface area contributed by atoms with Crippen molar-refractivity contribution in [2.24, 2.45) is 0 Å². The summed E-state index contributed by atoms with van der Waals surface area (Å²) >= 11 is 4.19. The Bertz CT molecular complexity index is 1390. The Morgan fingerprint density at radius 1 is 0.889 bits per heavy atom. The third-order valence-corrected chi connectivity index (χ3v) is 6.56. The minimum absolute atomic E-state index is 0.0119. The lowest BCUT2D eigenvalue weighted by Gasteiger charge is -2.12. The Kier molecular flexibility index (Phi) is 7.46. The quantitative estimate of drug-likeness (QED) is 0.181. The number of hydrogen-bond donors (Lipinski definition) is 0. The molecule has 0 aliphatic carbocycles. The van der Waals surface area contributed by atoms with Crippen LogP contribution < -0.4 is 4.74 Å². The number of carbonyl (C=O) groups excluding carboxylic acids is 2. The van der Waals surface area contributed by atoms with E-state index in [1.807, 2.05) is 0 Å². The first-order valence-electron chi connectivity index (χ1n) is 10.4. The molecule has 1 aliphatic heterocycles. The number of halogens is 1. The van der Waals surface area contributed by atoms with Gasteiger partial charge in [-0.1, -0.05) is 28.1 Å². The summed E-state index contributed by atoms with van der Waals surface area (Å²) in [5.41, 5.74) is 1.76. The predicted octanol–water partition coefficient (Wildman–Crippen LogP) is 6.08. The number of benzene rings is 3. The number of amides is 2. The van der Waals surface area contributed by atoms with Gasteiger partial charge in [0.2, 0.25) is 0 Å². The van der Waals surface area contributed by atoms with Gasteiger partial charge < -0.3 is 4.74 Å². The van der Waals surface area contributed by atoms with E-state index < -0.39 is 21.0 Å². The molecule has 0 radical (unpaired) electrons. The van der Waals surface area contributed by atoms with Crippen LogP contribution in [-0.4, -0.2) is 25.9 Å². The van der Waals surface area contributed by atoms with Crippen molar-refractivity contribution in [2.45, 2.75) is 13.2 Å². The number of hydrogen-bond acceptors (Lipinski definition) is 8. The van der Waals surface area contributed by atoms with Crippen LogP contribution in [0.3, 0.4) is 0 Å². The lowest BCUT2D eigenvalue weighted by atomic mass is 10.1. The number of nitrogens with zero attached hydrogens (tertiary/aromatic N) is 3. The highest BCUT2D eigenvalue weighted by Crippen LogP contribution is 2.36. The highest BCUT2D eigenvalue weighted by Gasteiger charge is 2.35. The monoisotopic (exact) mass is 569 g/mol. The zero-order valence-corrected chi connectivity index (χ0v) is 20.7. The van der Waals surface area contributed by atoms with E-state index in [1.54, 1.807) is 36.4 Å². The predicted molar refractivity (Wildman–Crippen MR) is 136 cm³/mol. The van der Waals surface area contributed by atoms with E-state index in [-0.39, 0.29) is 29.4 Å². The zero-order valence-electron chi connectivity index (χ0n) is 18.3. The molecule has 10 nitrogen and oxygen atoms in total. The molecule has 2 amide bonds. The van der Waals surface area contributed by atoms with Crippen LogP contribution in [0.4, 0.5) is 16.2 Å². The van der Waals surface area contributed by atoms with Gasteiger partial charge in [-0.15, -0.1) is 0 Å². The van der Waals surface area contributed by atoms with Crippen molar-refractivity contribution < 1.29 is 24.2 Å². The number of ether oxygens (including phenoxy) is 1. The molecule has 0 atom stereocenters. The molecule has 0 spiro atoms. The molecule has 1 aliphatic rings. The molecule has 3 aromatic rings. The molecule has 0 unspecified atom stereocenters. The van der Waals surface area contributed by atoms with Crippen LogP contribution >= 0.6 is 27.7 Å². The van der Waals surface area contributed by atoms with E-state index in [9.17, 15) is 29.8 Å². The van der Waals surface area contributed by atoms with Gasteiger partial charge in [-0.2, -0.15) is 0 Å². The summed E-state index contributed by atoms with van der Waals surface area (Å²) in [4.78, 5) is 47.4. The van der Waals surface area contributed by atoms with E-state index in [0.29, 0.717) is 16.9 Å². The first-order valence-corrected chi connectivity index (χ1v) is 12.0. The van der Waals surface area contributed by atoms with Crippen LogP contribution in [0, 0.1) is 20.2 Å². The van der Waals surface area contributed by atoms with Gasteiger partial charge in [0.1, 0.15) is 12.4 Å². The first-order chi connectivity index (χ1) is 17.2. The van der Waals surface area contributed by atoms with Gasteiger partial charge >= 0.3 is 0 Å². The van der Waals surface area contributed by atoms with Gasteiger partial charge in [0.25, 0.3) is 22.5 Å². The summed E-state index contributed by atoms with van der Waals surface area (Å²) in [6.07, 6.45) is 1.57. The molecule has 0 aromatic heterocycles. The molecule has 3 aromatic carbocycles. The van der Waals surface area contributed by atoms with Gasteiger partial charge in [0.05, 0.1) is 21.3 Å². The van der Waals surface area contributed by atoms with Gasteiger partial charge in [0.15, 0.2) is 0 Å². The molecule has 0 saturated carbocycles. The summed E-state index contributed by atoms with van der Waals surface area (Å²) in [6.45, 7) is 0.129. The van der Waals surface area contributed by atoms with Crippen molar-refractivity contribution in [3.63, 3.8) is 0 Å². The Morgan fingerprint density at radius 3 is 2.06 bits per heavy atom. The van der Waals surface area contributed by atoms with Gasteiger partial charge in [0, 0.05) is 34.3 Å². The maximum Gasteiger partial charge on any atom is 0.293 e. The fraction of sp³-hybridized carbons (Fsp3) is 0.0833. The summed E-state index contributed by atoms with van der Waals surface area (Å²) in [6, 6.07) is 16.8. The SMILES string of the molecule is O=C1SC(=Cc2cc(Br)ccc2OCc2ccc([N+](=O)[O-])cc2)C(=O)N1Cc1ccc([N+](=O)[O-])cc1. The molecule has 0 N–H and O–H groups in total. The summed E-state index contributed by atoms with van der Waals surface area (Å²) in [5.74, 6) is -0.0247. The van der Waals surface area contributed by atoms with Gasteiger partial charge in [-0.05, 0) is 59.3 Å². The van der Waals surface area contributed by atoms with Crippen LogP contribution in [0.1, 0.15) is 16.7 Å². The van der Waals surface area contributed by atoms with Crippen molar-refractivity contribution in [3.8, 4) is 5.75 Å². The second-order valence-corrected chi connectivity index (χ2v) is 9.49. The Balaban J connectivity index is 1.51. The number of non-ortho nitro benzene ring substituents is 2. The smallest absolute Gasteiger partial charge is 0.293 e. The first kappa shape index (κ1) is 25.1. The molecule has 0 bridgehead atoms. The number of nitro groups is 2. The molecular formula is C24H16BrN3O7S. The normalized spacial score (nSPS) is 14.4. The van der Waals surface area contributed by atoms with Crippen molar-refractivity contribution in [1.82, 2.24) is 4.90 Å². The van der Waals surface area contributed by atoms with Crippen LogP contribution in [-0.2, 0) is 17.9 Å². The van der Waals surface area contributed by atoms with Crippen molar-refractivity contribution in [1.29, 1.82) is 0 Å². The zero-order chi connectivity index (χ0) is 25.8. The molecule has 12 heteroatoms. The summed E-state index contributed by atoms with van der Waals surface area (Å²) in [5, 5.41) is 21.2. The average molecular weight is 570 g/mol. The van der Waals surface area contributed by atoms with E-state index in [0.717, 1.165) is 26.7 Å². The van der Waals surface area contributed by atoms with Gasteiger partial charge in [-0.3, -0.25) is 34.7 Å². The minimum atomic E-state index is -0.522. The fourth-order valence-corrected chi connectivity index (χ4v) is 4.53. The van der Waals surface area contributed by atoms with Gasteiger partial charge in [-0.25, -0.2) is 0 Å². The van der Waals surface area contributed by atoms with Crippen LogP contribution in [0.2, 0.25) is 0 Å². The lowest BCUT2D eigenvalue weighted by Crippen LogP contribution is -2.27. The Labute approximate surface area is 217 Å². The third kappa shape index (κ3) is 5.78. The number of rotatable bonds is 8. The van der Waals surface area contributed by atoms with Crippen LogP contribution in [0.25, 0.3) is 6.08 Å². The number of thioether (sulfide) groups is 1. The molecular weight excluding hydrogens is 554 g/mol. The van der Waals surface area contributed by atoms with Crippen molar-refractivity contribution >= 4 is 56.3 Å². The van der Waals surface area contributed by atoms with Crippen LogP contribution in [0.5, 0.6) is 5.75 Å². The molecule has 1 heterocycles. The molecule has 182 valence electrons. The second kappa shape index (κ2) is 10.7. The summed E-state index contributed by atoms with van der Waals surface area (Å²) in [7, 11) is 0. The Morgan fingerprint density at radius 2 is 1.47 bits per heavy atom. The van der Waals surface area contributed by atoms with Crippen molar-refractivity contribution in [2.75, 3.05) is 0 Å². The molecule has 1 fully saturated rings. The number of imide groups is 1. The maximum atomic E-state index is 13.0. The number of carbonyl (C=O) groups is 2. The van der Waals surface area contributed by atoms with Crippen LogP contribution in [0.15, 0.2) is 76.1 Å². The molecule has 36 heavy (non-hydrogen) atoms. The standard InChI is InChI=1S/C24H16BrN3O7S/c25-18-5-10-21(35-14-16-3-8-20(9-4-16)28(33)34)17(11-18)12-22-23(29)26(24(30)36-22)13-15-1-6-19(7-2-15)27(31)32/h1-12H,13-14H2. The van der Waals surface area contributed by atoms with E-state index >= 15 is 0 Å². The fourth-order valence-electron chi connectivity index (χ4n) is 3.32.